The summed E-state index contributed by atoms with van der Waals surface area (Å²) >= 11 is 0. The van der Waals surface area contributed by atoms with E-state index in [2.05, 4.69) is 35.6 Å². The number of aromatic nitrogens is 2. The van der Waals surface area contributed by atoms with E-state index < -0.39 is 0 Å². The topological polar surface area (TPSA) is 55.0 Å². The van der Waals surface area contributed by atoms with Crippen LogP contribution in [0, 0.1) is 0 Å². The van der Waals surface area contributed by atoms with Crippen LogP contribution in [0.25, 0.3) is 0 Å². The normalized spacial score (nSPS) is 12.1. The fourth-order valence-corrected chi connectivity index (χ4v) is 1.58. The zero-order valence-corrected chi connectivity index (χ0v) is 10.5. The molecule has 4 nitrogen and oxygen atoms in total. The first-order valence-electron chi connectivity index (χ1n) is 5.81. The fourth-order valence-electron chi connectivity index (χ4n) is 1.58. The average Bonchev–Trinajstić information content (AvgIpc) is 2.30. The molecule has 1 heterocycles. The van der Waals surface area contributed by atoms with Crippen LogP contribution >= 0.6 is 0 Å². The molecule has 2 N–H and O–H groups in total. The van der Waals surface area contributed by atoms with E-state index in [0.717, 1.165) is 25.3 Å². The maximum absolute atomic E-state index is 5.81. The average molecular weight is 222 g/mol. The maximum atomic E-state index is 5.81. The summed E-state index contributed by atoms with van der Waals surface area (Å²) in [5.74, 6) is 0.859. The Balaban J connectivity index is 2.72. The van der Waals surface area contributed by atoms with Crippen molar-refractivity contribution in [2.75, 3.05) is 13.1 Å². The highest BCUT2D eigenvalue weighted by Crippen LogP contribution is 2.15. The molecule has 90 valence electrons. The summed E-state index contributed by atoms with van der Waals surface area (Å²) in [6, 6.07) is 1.84. The van der Waals surface area contributed by atoms with Crippen molar-refractivity contribution in [1.29, 1.82) is 0 Å². The number of rotatable bonds is 6. The number of hydrogen-bond acceptors (Lipinski definition) is 4. The SMILES string of the molecule is CCCN(Cc1ncccn1)C(C)(C)CN. The number of hydrogen-bond donors (Lipinski definition) is 1. The van der Waals surface area contributed by atoms with Crippen molar-refractivity contribution in [3.05, 3.63) is 24.3 Å². The van der Waals surface area contributed by atoms with Crippen LogP contribution in [0.2, 0.25) is 0 Å². The van der Waals surface area contributed by atoms with Crippen molar-refractivity contribution >= 4 is 0 Å². The molecule has 1 rings (SSSR count). The van der Waals surface area contributed by atoms with Crippen molar-refractivity contribution in [3.8, 4) is 0 Å². The van der Waals surface area contributed by atoms with Gasteiger partial charge in [-0.1, -0.05) is 6.92 Å². The van der Waals surface area contributed by atoms with Crippen LogP contribution in [-0.2, 0) is 6.54 Å². The second-order valence-corrected chi connectivity index (χ2v) is 4.60. The Morgan fingerprint density at radius 3 is 2.44 bits per heavy atom. The number of nitrogens with two attached hydrogens (primary N) is 1. The monoisotopic (exact) mass is 222 g/mol. The first kappa shape index (κ1) is 13.1. The molecular formula is C12H22N4. The highest BCUT2D eigenvalue weighted by atomic mass is 15.2. The molecule has 4 heteroatoms. The van der Waals surface area contributed by atoms with Crippen molar-refractivity contribution in [2.45, 2.75) is 39.3 Å². The molecule has 1 aromatic heterocycles. The molecule has 16 heavy (non-hydrogen) atoms. The van der Waals surface area contributed by atoms with E-state index in [9.17, 15) is 0 Å². The van der Waals surface area contributed by atoms with Gasteiger partial charge in [0.1, 0.15) is 5.82 Å². The summed E-state index contributed by atoms with van der Waals surface area (Å²) in [7, 11) is 0. The Hall–Kier alpha value is -1.00. The second-order valence-electron chi connectivity index (χ2n) is 4.60. The van der Waals surface area contributed by atoms with Gasteiger partial charge in [0.15, 0.2) is 0 Å². The van der Waals surface area contributed by atoms with Gasteiger partial charge >= 0.3 is 0 Å². The highest BCUT2D eigenvalue weighted by molar-refractivity contribution is 4.92. The molecule has 0 amide bonds. The minimum absolute atomic E-state index is 0.00475. The molecule has 0 radical (unpaired) electrons. The molecule has 0 atom stereocenters. The van der Waals surface area contributed by atoms with E-state index >= 15 is 0 Å². The lowest BCUT2D eigenvalue weighted by Gasteiger charge is -2.37. The first-order valence-corrected chi connectivity index (χ1v) is 5.81. The van der Waals surface area contributed by atoms with Gasteiger partial charge in [-0.25, -0.2) is 9.97 Å². The zero-order chi connectivity index (χ0) is 12.0. The molecule has 0 aliphatic rings. The van der Waals surface area contributed by atoms with Crippen LogP contribution in [0.3, 0.4) is 0 Å². The smallest absolute Gasteiger partial charge is 0.142 e. The summed E-state index contributed by atoms with van der Waals surface area (Å²) in [6.45, 7) is 8.91. The molecule has 0 bridgehead atoms. The van der Waals surface area contributed by atoms with Crippen LogP contribution in [0.5, 0.6) is 0 Å². The third-order valence-corrected chi connectivity index (χ3v) is 2.80. The van der Waals surface area contributed by atoms with Crippen LogP contribution in [-0.4, -0.2) is 33.5 Å². The van der Waals surface area contributed by atoms with E-state index in [1.54, 1.807) is 12.4 Å². The van der Waals surface area contributed by atoms with Crippen molar-refractivity contribution < 1.29 is 0 Å². The van der Waals surface area contributed by atoms with Crippen molar-refractivity contribution in [3.63, 3.8) is 0 Å². The Bertz CT molecular complexity index is 297. The Morgan fingerprint density at radius 1 is 1.31 bits per heavy atom. The summed E-state index contributed by atoms with van der Waals surface area (Å²) < 4.78 is 0. The van der Waals surface area contributed by atoms with Gasteiger partial charge in [0, 0.05) is 24.5 Å². The summed E-state index contributed by atoms with van der Waals surface area (Å²) in [5.41, 5.74) is 5.80. The maximum Gasteiger partial charge on any atom is 0.142 e. The second kappa shape index (κ2) is 5.92. The minimum Gasteiger partial charge on any atom is -0.329 e. The quantitative estimate of drug-likeness (QED) is 0.791. The summed E-state index contributed by atoms with van der Waals surface area (Å²) in [6.07, 6.45) is 4.67. The Morgan fingerprint density at radius 2 is 1.94 bits per heavy atom. The predicted octanol–water partition coefficient (Wildman–Crippen LogP) is 1.43. The lowest BCUT2D eigenvalue weighted by Crippen LogP contribution is -2.49. The van der Waals surface area contributed by atoms with Crippen LogP contribution in [0.15, 0.2) is 18.5 Å². The Kier molecular flexibility index (Phi) is 4.83. The van der Waals surface area contributed by atoms with Crippen molar-refractivity contribution in [1.82, 2.24) is 14.9 Å². The summed E-state index contributed by atoms with van der Waals surface area (Å²) in [5, 5.41) is 0. The van der Waals surface area contributed by atoms with Crippen molar-refractivity contribution in [2.24, 2.45) is 5.73 Å². The molecule has 0 spiro atoms. The van der Waals surface area contributed by atoms with E-state index in [1.165, 1.54) is 0 Å². The molecule has 1 aromatic rings. The van der Waals surface area contributed by atoms with Gasteiger partial charge in [0.25, 0.3) is 0 Å². The molecular weight excluding hydrogens is 200 g/mol. The first-order chi connectivity index (χ1) is 7.60. The van der Waals surface area contributed by atoms with Gasteiger partial charge in [-0.2, -0.15) is 0 Å². The van der Waals surface area contributed by atoms with Gasteiger partial charge in [-0.15, -0.1) is 0 Å². The van der Waals surface area contributed by atoms with E-state index in [0.29, 0.717) is 6.54 Å². The largest absolute Gasteiger partial charge is 0.329 e. The van der Waals surface area contributed by atoms with Gasteiger partial charge in [-0.3, -0.25) is 4.90 Å². The van der Waals surface area contributed by atoms with Crippen LogP contribution < -0.4 is 5.73 Å². The van der Waals surface area contributed by atoms with Gasteiger partial charge in [-0.05, 0) is 32.9 Å². The Labute approximate surface area is 97.9 Å². The molecule has 0 unspecified atom stereocenters. The van der Waals surface area contributed by atoms with Crippen LogP contribution in [0.4, 0.5) is 0 Å². The predicted molar refractivity (Wildman–Crippen MR) is 65.9 cm³/mol. The number of nitrogens with zero attached hydrogens (tertiary/aromatic N) is 3. The van der Waals surface area contributed by atoms with E-state index in [1.807, 2.05) is 6.07 Å². The molecule has 0 aromatic carbocycles. The standard InChI is InChI=1S/C12H22N4/c1-4-8-16(12(2,3)10-13)9-11-14-6-5-7-15-11/h5-7H,4,8-10,13H2,1-3H3. The van der Waals surface area contributed by atoms with Gasteiger partial charge in [0.05, 0.1) is 6.54 Å². The molecule has 0 aliphatic carbocycles. The van der Waals surface area contributed by atoms with Gasteiger partial charge < -0.3 is 5.73 Å². The third-order valence-electron chi connectivity index (χ3n) is 2.80. The van der Waals surface area contributed by atoms with E-state index in [-0.39, 0.29) is 5.54 Å². The summed E-state index contributed by atoms with van der Waals surface area (Å²) in [4.78, 5) is 10.8. The molecule has 0 fully saturated rings. The minimum atomic E-state index is -0.00475. The lowest BCUT2D eigenvalue weighted by atomic mass is 10.0. The fraction of sp³-hybridized carbons (Fsp3) is 0.667. The van der Waals surface area contributed by atoms with Crippen LogP contribution in [0.1, 0.15) is 33.0 Å². The van der Waals surface area contributed by atoms with Gasteiger partial charge in [0.2, 0.25) is 0 Å². The third kappa shape index (κ3) is 3.54. The van der Waals surface area contributed by atoms with E-state index in [4.69, 9.17) is 5.73 Å². The molecule has 0 saturated carbocycles. The highest BCUT2D eigenvalue weighted by Gasteiger charge is 2.24. The molecule has 0 saturated heterocycles. The lowest BCUT2D eigenvalue weighted by molar-refractivity contribution is 0.115. The molecule has 0 aliphatic heterocycles. The zero-order valence-electron chi connectivity index (χ0n) is 10.5.